The summed E-state index contributed by atoms with van der Waals surface area (Å²) in [5, 5.41) is 3.18. The van der Waals surface area contributed by atoms with E-state index in [2.05, 4.69) is 65.8 Å². The third kappa shape index (κ3) is 3.34. The summed E-state index contributed by atoms with van der Waals surface area (Å²) in [5.41, 5.74) is 4.35. The van der Waals surface area contributed by atoms with Gasteiger partial charge >= 0.3 is 0 Å². The fourth-order valence-corrected chi connectivity index (χ4v) is 4.16. The maximum absolute atomic E-state index is 12.5. The predicted octanol–water partition coefficient (Wildman–Crippen LogP) is 3.45. The average molecular weight is 334 g/mol. The summed E-state index contributed by atoms with van der Waals surface area (Å²) >= 11 is 0. The van der Waals surface area contributed by atoms with Crippen molar-refractivity contribution < 1.29 is 4.79 Å². The molecule has 2 aromatic carbocycles. The molecule has 4 rings (SSSR count). The standard InChI is InChI=1S/C22H26N2O/c1-24(20-12-11-17-7-5-6-10-19(17)20)15-21(25)23-16-22(13-14-22)18-8-3-2-4-9-18/h2-10,20H,11-16H2,1H3,(H,23,25). The van der Waals surface area contributed by atoms with Crippen molar-refractivity contribution in [2.45, 2.75) is 37.1 Å². The highest BCUT2D eigenvalue weighted by atomic mass is 16.2. The normalized spacial score (nSPS) is 20.3. The van der Waals surface area contributed by atoms with Gasteiger partial charge in [-0.3, -0.25) is 9.69 Å². The average Bonchev–Trinajstić information content (AvgIpc) is 3.32. The van der Waals surface area contributed by atoms with Crippen LogP contribution in [-0.2, 0) is 16.6 Å². The van der Waals surface area contributed by atoms with E-state index in [4.69, 9.17) is 0 Å². The summed E-state index contributed by atoms with van der Waals surface area (Å²) in [7, 11) is 2.07. The molecular formula is C22H26N2O. The Morgan fingerprint density at radius 3 is 2.60 bits per heavy atom. The van der Waals surface area contributed by atoms with Gasteiger partial charge in [0.1, 0.15) is 0 Å². The van der Waals surface area contributed by atoms with E-state index in [-0.39, 0.29) is 11.3 Å². The third-order valence-corrected chi connectivity index (χ3v) is 5.89. The number of hydrogen-bond donors (Lipinski definition) is 1. The summed E-state index contributed by atoms with van der Waals surface area (Å²) in [6.07, 6.45) is 4.56. The van der Waals surface area contributed by atoms with Gasteiger partial charge in [-0.15, -0.1) is 0 Å². The minimum Gasteiger partial charge on any atom is -0.354 e. The smallest absolute Gasteiger partial charge is 0.234 e. The lowest BCUT2D eigenvalue weighted by molar-refractivity contribution is -0.122. The number of nitrogens with one attached hydrogen (secondary N) is 1. The monoisotopic (exact) mass is 334 g/mol. The highest BCUT2D eigenvalue weighted by Crippen LogP contribution is 2.47. The molecule has 3 heteroatoms. The molecule has 0 saturated heterocycles. The van der Waals surface area contributed by atoms with E-state index in [0.29, 0.717) is 12.6 Å². The molecule has 1 unspecified atom stereocenters. The minimum absolute atomic E-state index is 0.133. The third-order valence-electron chi connectivity index (χ3n) is 5.89. The van der Waals surface area contributed by atoms with E-state index >= 15 is 0 Å². The van der Waals surface area contributed by atoms with Crippen LogP contribution in [0.1, 0.15) is 42.0 Å². The number of hydrogen-bond acceptors (Lipinski definition) is 2. The Kier molecular flexibility index (Phi) is 4.34. The summed E-state index contributed by atoms with van der Waals surface area (Å²) in [6.45, 7) is 1.22. The van der Waals surface area contributed by atoms with Gasteiger partial charge in [0.2, 0.25) is 5.91 Å². The topological polar surface area (TPSA) is 32.3 Å². The summed E-state index contributed by atoms with van der Waals surface area (Å²) in [6, 6.07) is 19.6. The van der Waals surface area contributed by atoms with Crippen LogP contribution in [0.3, 0.4) is 0 Å². The van der Waals surface area contributed by atoms with E-state index in [0.717, 1.165) is 19.4 Å². The first-order chi connectivity index (χ1) is 12.2. The molecular weight excluding hydrogens is 308 g/mol. The van der Waals surface area contributed by atoms with Gasteiger partial charge in [0, 0.05) is 18.0 Å². The number of rotatable bonds is 6. The van der Waals surface area contributed by atoms with Gasteiger partial charge in [0.25, 0.3) is 0 Å². The van der Waals surface area contributed by atoms with Crippen LogP contribution in [0.25, 0.3) is 0 Å². The largest absolute Gasteiger partial charge is 0.354 e. The first kappa shape index (κ1) is 16.3. The lowest BCUT2D eigenvalue weighted by atomic mass is 9.96. The zero-order valence-corrected chi connectivity index (χ0v) is 14.9. The second kappa shape index (κ2) is 6.64. The van der Waals surface area contributed by atoms with Crippen LogP contribution < -0.4 is 5.32 Å². The quantitative estimate of drug-likeness (QED) is 0.877. The molecule has 0 aliphatic heterocycles. The first-order valence-corrected chi connectivity index (χ1v) is 9.28. The Labute approximate surface area is 150 Å². The SMILES string of the molecule is CN(CC(=O)NCC1(c2ccccc2)CC1)C1CCc2ccccc21. The number of nitrogens with zero attached hydrogens (tertiary/aromatic N) is 1. The second-order valence-electron chi connectivity index (χ2n) is 7.59. The Bertz CT molecular complexity index is 752. The highest BCUT2D eigenvalue weighted by molar-refractivity contribution is 5.78. The van der Waals surface area contributed by atoms with Gasteiger partial charge in [-0.1, -0.05) is 54.6 Å². The zero-order chi connectivity index (χ0) is 17.3. The Morgan fingerprint density at radius 2 is 1.84 bits per heavy atom. The van der Waals surface area contributed by atoms with Gasteiger partial charge in [0.15, 0.2) is 0 Å². The van der Waals surface area contributed by atoms with Crippen LogP contribution in [0.2, 0.25) is 0 Å². The van der Waals surface area contributed by atoms with Crippen LogP contribution in [0, 0.1) is 0 Å². The molecule has 1 N–H and O–H groups in total. The van der Waals surface area contributed by atoms with Gasteiger partial charge in [-0.25, -0.2) is 0 Å². The van der Waals surface area contributed by atoms with Crippen LogP contribution in [-0.4, -0.2) is 30.9 Å². The Balaban J connectivity index is 1.33. The number of carbonyl (C=O) groups is 1. The number of likely N-dealkylation sites (N-methyl/N-ethyl adjacent to an activating group) is 1. The molecule has 2 aliphatic rings. The molecule has 0 heterocycles. The van der Waals surface area contributed by atoms with Crippen LogP contribution in [0.5, 0.6) is 0 Å². The molecule has 3 nitrogen and oxygen atoms in total. The first-order valence-electron chi connectivity index (χ1n) is 9.28. The molecule has 1 amide bonds. The van der Waals surface area contributed by atoms with Crippen molar-refractivity contribution in [2.75, 3.05) is 20.1 Å². The maximum Gasteiger partial charge on any atom is 0.234 e. The van der Waals surface area contributed by atoms with Crippen LogP contribution in [0.4, 0.5) is 0 Å². The van der Waals surface area contributed by atoms with E-state index in [1.807, 2.05) is 6.07 Å². The zero-order valence-electron chi connectivity index (χ0n) is 14.9. The predicted molar refractivity (Wildman–Crippen MR) is 100 cm³/mol. The van der Waals surface area contributed by atoms with Crippen LogP contribution >= 0.6 is 0 Å². The Hall–Kier alpha value is -2.13. The van der Waals surface area contributed by atoms with Crippen LogP contribution in [0.15, 0.2) is 54.6 Å². The molecule has 1 atom stereocenters. The summed E-state index contributed by atoms with van der Waals surface area (Å²) in [5.74, 6) is 0.133. The number of aryl methyl sites for hydroxylation is 1. The molecule has 0 spiro atoms. The van der Waals surface area contributed by atoms with Crippen molar-refractivity contribution in [1.29, 1.82) is 0 Å². The minimum atomic E-state index is 0.133. The fourth-order valence-electron chi connectivity index (χ4n) is 4.16. The maximum atomic E-state index is 12.5. The van der Waals surface area contributed by atoms with Gasteiger partial charge in [0.05, 0.1) is 6.54 Å². The Morgan fingerprint density at radius 1 is 1.12 bits per heavy atom. The van der Waals surface area contributed by atoms with Crippen molar-refractivity contribution in [3.63, 3.8) is 0 Å². The lowest BCUT2D eigenvalue weighted by Gasteiger charge is -2.25. The molecule has 2 aromatic rings. The lowest BCUT2D eigenvalue weighted by Crippen LogP contribution is -2.39. The molecule has 0 aromatic heterocycles. The molecule has 2 aliphatic carbocycles. The van der Waals surface area contributed by atoms with Crippen molar-refractivity contribution in [2.24, 2.45) is 0 Å². The van der Waals surface area contributed by atoms with E-state index in [1.165, 1.54) is 29.5 Å². The summed E-state index contributed by atoms with van der Waals surface area (Å²) < 4.78 is 0. The molecule has 25 heavy (non-hydrogen) atoms. The molecule has 1 saturated carbocycles. The number of carbonyl (C=O) groups excluding carboxylic acids is 1. The number of amides is 1. The summed E-state index contributed by atoms with van der Waals surface area (Å²) in [4.78, 5) is 14.7. The second-order valence-corrected chi connectivity index (χ2v) is 7.59. The number of fused-ring (bicyclic) bond motifs is 1. The van der Waals surface area contributed by atoms with Crippen molar-refractivity contribution >= 4 is 5.91 Å². The van der Waals surface area contributed by atoms with Crippen molar-refractivity contribution in [3.8, 4) is 0 Å². The number of benzene rings is 2. The van der Waals surface area contributed by atoms with Crippen molar-refractivity contribution in [3.05, 3.63) is 71.3 Å². The molecule has 130 valence electrons. The highest BCUT2D eigenvalue weighted by Gasteiger charge is 2.44. The van der Waals surface area contributed by atoms with Gasteiger partial charge < -0.3 is 5.32 Å². The van der Waals surface area contributed by atoms with Crippen molar-refractivity contribution in [1.82, 2.24) is 10.2 Å². The molecule has 0 bridgehead atoms. The molecule has 0 radical (unpaired) electrons. The van der Waals surface area contributed by atoms with Gasteiger partial charge in [-0.2, -0.15) is 0 Å². The fraction of sp³-hybridized carbons (Fsp3) is 0.409. The van der Waals surface area contributed by atoms with E-state index in [9.17, 15) is 4.79 Å². The molecule has 1 fully saturated rings. The van der Waals surface area contributed by atoms with E-state index in [1.54, 1.807) is 0 Å². The van der Waals surface area contributed by atoms with E-state index < -0.39 is 0 Å². The van der Waals surface area contributed by atoms with Gasteiger partial charge in [-0.05, 0) is 49.4 Å².